The van der Waals surface area contributed by atoms with Gasteiger partial charge in [-0.25, -0.2) is 0 Å². The summed E-state index contributed by atoms with van der Waals surface area (Å²) in [5, 5.41) is 9.61. The van der Waals surface area contributed by atoms with E-state index in [2.05, 4.69) is 0 Å². The first-order chi connectivity index (χ1) is 7.29. The highest BCUT2D eigenvalue weighted by molar-refractivity contribution is 6.32. The van der Waals surface area contributed by atoms with Crippen molar-refractivity contribution in [2.24, 2.45) is 5.92 Å². The molecule has 1 aromatic carbocycles. The summed E-state index contributed by atoms with van der Waals surface area (Å²) in [6, 6.07) is 3.88. The van der Waals surface area contributed by atoms with E-state index >= 15 is 0 Å². The zero-order valence-electron chi connectivity index (χ0n) is 8.07. The summed E-state index contributed by atoms with van der Waals surface area (Å²) < 4.78 is 10.5. The number of fused-ring (bicyclic) bond motifs is 1. The molecule has 1 aliphatic carbocycles. The highest BCUT2D eigenvalue weighted by atomic mass is 35.5. The molecule has 2 aliphatic rings. The van der Waals surface area contributed by atoms with E-state index in [-0.39, 0.29) is 13.4 Å². The van der Waals surface area contributed by atoms with Gasteiger partial charge < -0.3 is 14.6 Å². The van der Waals surface area contributed by atoms with Crippen molar-refractivity contribution in [1.29, 1.82) is 0 Å². The monoisotopic (exact) mass is 226 g/mol. The third kappa shape index (κ3) is 1.46. The van der Waals surface area contributed by atoms with Crippen LogP contribution in [0, 0.1) is 5.92 Å². The summed E-state index contributed by atoms with van der Waals surface area (Å²) in [6.45, 7) is 0.489. The average Bonchev–Trinajstić information content (AvgIpc) is 2.88. The molecule has 3 nitrogen and oxygen atoms in total. The van der Waals surface area contributed by atoms with Gasteiger partial charge in [-0.2, -0.15) is 0 Å². The van der Waals surface area contributed by atoms with Gasteiger partial charge in [0.15, 0.2) is 11.5 Å². The highest BCUT2D eigenvalue weighted by Gasteiger charge is 2.38. The molecule has 1 saturated carbocycles. The van der Waals surface area contributed by atoms with Crippen molar-refractivity contribution in [3.63, 3.8) is 0 Å². The van der Waals surface area contributed by atoms with E-state index in [1.807, 2.05) is 12.1 Å². The van der Waals surface area contributed by atoms with Gasteiger partial charge in [0.2, 0.25) is 6.79 Å². The molecule has 15 heavy (non-hydrogen) atoms. The molecule has 1 fully saturated rings. The molecule has 80 valence electrons. The van der Waals surface area contributed by atoms with Crippen LogP contribution in [0.3, 0.4) is 0 Å². The maximum atomic E-state index is 9.01. The van der Waals surface area contributed by atoms with Crippen LogP contribution in [0.25, 0.3) is 0 Å². The molecule has 0 radical (unpaired) electrons. The lowest BCUT2D eigenvalue weighted by Crippen LogP contribution is -1.93. The highest BCUT2D eigenvalue weighted by Crippen LogP contribution is 2.51. The first-order valence-corrected chi connectivity index (χ1v) is 5.37. The summed E-state index contributed by atoms with van der Waals surface area (Å²) in [5.41, 5.74) is 1.14. The summed E-state index contributed by atoms with van der Waals surface area (Å²) in [7, 11) is 0. The molecule has 0 bridgehead atoms. The Morgan fingerprint density at radius 3 is 3.00 bits per heavy atom. The van der Waals surface area contributed by atoms with Crippen LogP contribution in [0.5, 0.6) is 11.5 Å². The minimum Gasteiger partial charge on any atom is -0.454 e. The van der Waals surface area contributed by atoms with Crippen molar-refractivity contribution >= 4 is 11.6 Å². The fourth-order valence-electron chi connectivity index (χ4n) is 2.06. The van der Waals surface area contributed by atoms with Gasteiger partial charge in [-0.1, -0.05) is 11.6 Å². The number of aliphatic hydroxyl groups excluding tert-OH is 1. The Bertz CT molecular complexity index is 405. The van der Waals surface area contributed by atoms with Crippen molar-refractivity contribution < 1.29 is 14.6 Å². The van der Waals surface area contributed by atoms with E-state index in [9.17, 15) is 0 Å². The lowest BCUT2D eigenvalue weighted by molar-refractivity contribution is 0.174. The van der Waals surface area contributed by atoms with Crippen molar-refractivity contribution in [3.05, 3.63) is 22.7 Å². The van der Waals surface area contributed by atoms with E-state index in [4.69, 9.17) is 26.2 Å². The van der Waals surface area contributed by atoms with Crippen LogP contribution < -0.4 is 9.47 Å². The molecule has 3 rings (SSSR count). The Labute approximate surface area is 92.6 Å². The van der Waals surface area contributed by atoms with Crippen molar-refractivity contribution in [1.82, 2.24) is 0 Å². The molecule has 1 aromatic rings. The van der Waals surface area contributed by atoms with Crippen LogP contribution >= 0.6 is 11.6 Å². The van der Waals surface area contributed by atoms with Gasteiger partial charge in [0.1, 0.15) is 0 Å². The van der Waals surface area contributed by atoms with E-state index in [0.29, 0.717) is 22.6 Å². The first-order valence-electron chi connectivity index (χ1n) is 4.99. The molecule has 1 heterocycles. The minimum absolute atomic E-state index is 0.243. The predicted octanol–water partition coefficient (Wildman–Crippen LogP) is 2.16. The fraction of sp³-hybridized carbons (Fsp3) is 0.455. The first kappa shape index (κ1) is 9.31. The summed E-state index contributed by atoms with van der Waals surface area (Å²) in [5.74, 6) is 2.19. The second kappa shape index (κ2) is 3.29. The molecule has 1 N–H and O–H groups in total. The van der Waals surface area contributed by atoms with Crippen LogP contribution in [-0.2, 0) is 0 Å². The predicted molar refractivity (Wildman–Crippen MR) is 55.5 cm³/mol. The van der Waals surface area contributed by atoms with E-state index in [1.54, 1.807) is 0 Å². The maximum absolute atomic E-state index is 9.01. The molecular weight excluding hydrogens is 216 g/mol. The number of hydrogen-bond acceptors (Lipinski definition) is 3. The Kier molecular flexibility index (Phi) is 2.04. The molecule has 4 heteroatoms. The molecule has 2 atom stereocenters. The molecule has 0 amide bonds. The van der Waals surface area contributed by atoms with Gasteiger partial charge in [0, 0.05) is 6.61 Å². The molecule has 0 aromatic heterocycles. The lowest BCUT2D eigenvalue weighted by atomic mass is 10.1. The largest absolute Gasteiger partial charge is 0.454 e. The number of benzene rings is 1. The standard InChI is InChI=1S/C11H11ClO3/c12-9-2-6(8-1-7(8)4-13)3-10-11(9)15-5-14-10/h2-3,7-8,13H,1,4-5H2. The number of aliphatic hydroxyl groups is 1. The molecule has 0 saturated heterocycles. The second-order valence-corrected chi connectivity index (χ2v) is 4.43. The Hall–Kier alpha value is -0.930. The number of rotatable bonds is 2. The number of ether oxygens (including phenoxy) is 2. The maximum Gasteiger partial charge on any atom is 0.231 e. The van der Waals surface area contributed by atoms with Gasteiger partial charge in [-0.3, -0.25) is 0 Å². The van der Waals surface area contributed by atoms with Gasteiger partial charge in [-0.05, 0) is 36.0 Å². The number of hydrogen-bond donors (Lipinski definition) is 1. The second-order valence-electron chi connectivity index (χ2n) is 4.02. The van der Waals surface area contributed by atoms with Gasteiger partial charge in [-0.15, -0.1) is 0 Å². The van der Waals surface area contributed by atoms with Crippen LogP contribution in [0.4, 0.5) is 0 Å². The van der Waals surface area contributed by atoms with Crippen molar-refractivity contribution in [3.8, 4) is 11.5 Å². The van der Waals surface area contributed by atoms with Gasteiger partial charge in [0.25, 0.3) is 0 Å². The average molecular weight is 227 g/mol. The van der Waals surface area contributed by atoms with Crippen LogP contribution in [0.1, 0.15) is 17.9 Å². The molecule has 2 unspecified atom stereocenters. The quantitative estimate of drug-likeness (QED) is 0.840. The zero-order valence-corrected chi connectivity index (χ0v) is 8.83. The molecular formula is C11H11ClO3. The molecule has 1 aliphatic heterocycles. The van der Waals surface area contributed by atoms with Crippen LogP contribution in [0.15, 0.2) is 12.1 Å². The Balaban J connectivity index is 1.94. The zero-order chi connectivity index (χ0) is 10.4. The van der Waals surface area contributed by atoms with Gasteiger partial charge in [0.05, 0.1) is 5.02 Å². The smallest absolute Gasteiger partial charge is 0.231 e. The Morgan fingerprint density at radius 1 is 1.40 bits per heavy atom. The van der Waals surface area contributed by atoms with E-state index in [0.717, 1.165) is 17.7 Å². The van der Waals surface area contributed by atoms with Gasteiger partial charge >= 0.3 is 0 Å². The fourth-order valence-corrected chi connectivity index (χ4v) is 2.33. The SMILES string of the molecule is OCC1CC1c1cc(Cl)c2c(c1)OCO2. The molecule has 0 spiro atoms. The third-order valence-electron chi connectivity index (χ3n) is 3.03. The van der Waals surface area contributed by atoms with E-state index in [1.165, 1.54) is 0 Å². The number of halogens is 1. The lowest BCUT2D eigenvalue weighted by Gasteiger charge is -2.03. The summed E-state index contributed by atoms with van der Waals surface area (Å²) >= 11 is 6.07. The minimum atomic E-state index is 0.243. The van der Waals surface area contributed by atoms with Crippen molar-refractivity contribution in [2.45, 2.75) is 12.3 Å². The Morgan fingerprint density at radius 2 is 2.27 bits per heavy atom. The van der Waals surface area contributed by atoms with Crippen LogP contribution in [0.2, 0.25) is 5.02 Å². The normalized spacial score (nSPS) is 26.8. The van der Waals surface area contributed by atoms with Crippen molar-refractivity contribution in [2.75, 3.05) is 13.4 Å². The summed E-state index contributed by atoms with van der Waals surface area (Å²) in [4.78, 5) is 0. The third-order valence-corrected chi connectivity index (χ3v) is 3.32. The van der Waals surface area contributed by atoms with E-state index < -0.39 is 0 Å². The van der Waals surface area contributed by atoms with Crippen LogP contribution in [-0.4, -0.2) is 18.5 Å². The summed E-state index contributed by atoms with van der Waals surface area (Å²) in [6.07, 6.45) is 1.03. The topological polar surface area (TPSA) is 38.7 Å².